The monoisotopic (exact) mass is 510 g/mol. The first-order valence-electron chi connectivity index (χ1n) is 11.8. The summed E-state index contributed by atoms with van der Waals surface area (Å²) in [5.74, 6) is 0.398. The Kier molecular flexibility index (Phi) is 6.89. The Morgan fingerprint density at radius 1 is 1.19 bits per heavy atom. The van der Waals surface area contributed by atoms with Crippen LogP contribution in [0.25, 0.3) is 22.5 Å². The summed E-state index contributed by atoms with van der Waals surface area (Å²) in [7, 11) is 0. The van der Waals surface area contributed by atoms with Crippen molar-refractivity contribution in [2.24, 2.45) is 5.92 Å². The number of aliphatic hydroxyl groups is 1. The van der Waals surface area contributed by atoms with Crippen LogP contribution in [0.5, 0.6) is 5.75 Å². The van der Waals surface area contributed by atoms with Crippen LogP contribution in [0.1, 0.15) is 51.2 Å². The van der Waals surface area contributed by atoms with Crippen molar-refractivity contribution in [3.63, 3.8) is 0 Å². The molecule has 0 unspecified atom stereocenters. The summed E-state index contributed by atoms with van der Waals surface area (Å²) < 4.78 is 61.9. The van der Waals surface area contributed by atoms with Gasteiger partial charge in [-0.3, -0.25) is 0 Å². The van der Waals surface area contributed by atoms with Crippen molar-refractivity contribution < 1.29 is 31.8 Å². The van der Waals surface area contributed by atoms with E-state index >= 15 is 0 Å². The van der Waals surface area contributed by atoms with E-state index in [1.807, 2.05) is 27.7 Å². The molecule has 1 fully saturated rings. The smallest absolute Gasteiger partial charge is 0.422 e. The Bertz CT molecular complexity index is 1240. The van der Waals surface area contributed by atoms with E-state index in [9.17, 15) is 22.7 Å². The highest BCUT2D eigenvalue weighted by molar-refractivity contribution is 5.89. The summed E-state index contributed by atoms with van der Waals surface area (Å²) in [4.78, 5) is 4.73. The molecule has 3 aromatic rings. The zero-order valence-corrected chi connectivity index (χ0v) is 20.7. The lowest BCUT2D eigenvalue weighted by atomic mass is 9.84. The van der Waals surface area contributed by atoms with Gasteiger partial charge in [0.2, 0.25) is 0 Å². The van der Waals surface area contributed by atoms with Gasteiger partial charge in [0, 0.05) is 11.9 Å². The minimum Gasteiger partial charge on any atom is -0.484 e. The van der Waals surface area contributed by atoms with Gasteiger partial charge in [0.05, 0.1) is 11.1 Å². The largest absolute Gasteiger partial charge is 0.484 e. The van der Waals surface area contributed by atoms with Gasteiger partial charge >= 0.3 is 12.2 Å². The summed E-state index contributed by atoms with van der Waals surface area (Å²) in [5, 5.41) is 21.9. The third-order valence-corrected chi connectivity index (χ3v) is 6.43. The molecule has 0 radical (unpaired) electrons. The Hall–Kier alpha value is -2.95. The average Bonchev–Trinajstić information content (AvgIpc) is 3.42. The van der Waals surface area contributed by atoms with Crippen molar-refractivity contribution in [2.75, 3.05) is 25.1 Å². The van der Waals surface area contributed by atoms with Crippen LogP contribution in [0, 0.1) is 12.8 Å². The quantitative estimate of drug-likeness (QED) is 0.391. The molecular weight excluding hydrogens is 480 g/mol. The van der Waals surface area contributed by atoms with E-state index in [-0.39, 0.29) is 23.6 Å². The standard InChI is InChI=1S/C25H30F4N4O3/c1-14-7-19(21-32-33-22(36-21)30-11-15-5-6-24(34,10-15)12-26)31-20-17(14)8-16(35-13-25(27,28)29)9-18(20)23(2,3)4/h7-9,15,34H,5-6,10-13H2,1-4H3,(H,30,33)/t15-,24+/m0/s1. The second-order valence-corrected chi connectivity index (χ2v) is 10.6. The molecule has 7 nitrogen and oxygen atoms in total. The highest BCUT2D eigenvalue weighted by Gasteiger charge is 2.37. The second kappa shape index (κ2) is 9.49. The maximum absolute atomic E-state index is 13.0. The van der Waals surface area contributed by atoms with Crippen molar-refractivity contribution in [1.82, 2.24) is 15.2 Å². The van der Waals surface area contributed by atoms with Crippen LogP contribution in [0.2, 0.25) is 0 Å². The molecule has 0 amide bonds. The summed E-state index contributed by atoms with van der Waals surface area (Å²) in [6.45, 7) is 5.99. The minimum atomic E-state index is -4.44. The van der Waals surface area contributed by atoms with Crippen LogP contribution in [0.4, 0.5) is 23.6 Å². The van der Waals surface area contributed by atoms with Crippen LogP contribution in [-0.4, -0.2) is 51.9 Å². The van der Waals surface area contributed by atoms with Gasteiger partial charge in [-0.25, -0.2) is 9.37 Å². The average molecular weight is 511 g/mol. The second-order valence-electron chi connectivity index (χ2n) is 10.6. The predicted molar refractivity (Wildman–Crippen MR) is 127 cm³/mol. The van der Waals surface area contributed by atoms with Gasteiger partial charge in [-0.15, -0.1) is 5.10 Å². The SMILES string of the molecule is Cc1cc(-c2nnc(NC[C@H]3CC[C@](O)(CF)C3)o2)nc2c(C(C)(C)C)cc(OCC(F)(F)F)cc12. The number of halogens is 4. The number of anilines is 1. The maximum Gasteiger partial charge on any atom is 0.422 e. The number of nitrogens with zero attached hydrogens (tertiary/aromatic N) is 3. The molecule has 196 valence electrons. The third kappa shape index (κ3) is 5.88. The molecule has 2 N–H and O–H groups in total. The van der Waals surface area contributed by atoms with E-state index in [1.54, 1.807) is 18.2 Å². The molecule has 2 aromatic heterocycles. The first kappa shape index (κ1) is 26.1. The minimum absolute atomic E-state index is 0.0882. The molecule has 11 heteroatoms. The number of fused-ring (bicyclic) bond motifs is 1. The van der Waals surface area contributed by atoms with Gasteiger partial charge in [-0.1, -0.05) is 25.9 Å². The fourth-order valence-electron chi connectivity index (χ4n) is 4.53. The zero-order chi connectivity index (χ0) is 26.3. The van der Waals surface area contributed by atoms with Crippen LogP contribution in [0.15, 0.2) is 22.6 Å². The lowest BCUT2D eigenvalue weighted by Gasteiger charge is -2.23. The van der Waals surface area contributed by atoms with Gasteiger partial charge in [0.1, 0.15) is 18.1 Å². The van der Waals surface area contributed by atoms with Crippen LogP contribution < -0.4 is 10.1 Å². The van der Waals surface area contributed by atoms with Crippen molar-refractivity contribution in [2.45, 2.75) is 64.1 Å². The lowest BCUT2D eigenvalue weighted by molar-refractivity contribution is -0.153. The van der Waals surface area contributed by atoms with Crippen molar-refractivity contribution in [3.8, 4) is 17.3 Å². The fraction of sp³-hybridized carbons (Fsp3) is 0.560. The molecule has 4 rings (SSSR count). The Balaban J connectivity index is 1.60. The lowest BCUT2D eigenvalue weighted by Crippen LogP contribution is -2.28. The van der Waals surface area contributed by atoms with E-state index < -0.39 is 30.5 Å². The van der Waals surface area contributed by atoms with Crippen LogP contribution >= 0.6 is 0 Å². The molecule has 1 aromatic carbocycles. The maximum atomic E-state index is 13.0. The molecule has 1 saturated carbocycles. The normalized spacial score (nSPS) is 20.8. The summed E-state index contributed by atoms with van der Waals surface area (Å²) in [6.07, 6.45) is -2.95. The van der Waals surface area contributed by atoms with E-state index in [2.05, 4.69) is 15.5 Å². The zero-order valence-electron chi connectivity index (χ0n) is 20.7. The number of aryl methyl sites for hydroxylation is 1. The topological polar surface area (TPSA) is 93.3 Å². The molecule has 1 aliphatic rings. The molecule has 2 atom stereocenters. The van der Waals surface area contributed by atoms with Gasteiger partial charge in [-0.05, 0) is 66.8 Å². The molecule has 0 saturated heterocycles. The van der Waals surface area contributed by atoms with Crippen molar-refractivity contribution in [1.29, 1.82) is 0 Å². The Labute approximate surface area is 206 Å². The summed E-state index contributed by atoms with van der Waals surface area (Å²) in [5.41, 5.74) is 0.854. The molecule has 2 heterocycles. The summed E-state index contributed by atoms with van der Waals surface area (Å²) >= 11 is 0. The highest BCUT2D eigenvalue weighted by atomic mass is 19.4. The molecular formula is C25H30F4N4O3. The van der Waals surface area contributed by atoms with Gasteiger partial charge in [0.15, 0.2) is 6.61 Å². The number of hydrogen-bond donors (Lipinski definition) is 2. The Morgan fingerprint density at radius 3 is 2.58 bits per heavy atom. The third-order valence-electron chi connectivity index (χ3n) is 6.43. The number of aromatic nitrogens is 3. The van der Waals surface area contributed by atoms with Crippen LogP contribution in [0.3, 0.4) is 0 Å². The number of hydrogen-bond acceptors (Lipinski definition) is 7. The first-order valence-corrected chi connectivity index (χ1v) is 11.8. The van der Waals surface area contributed by atoms with E-state index in [0.717, 1.165) is 11.1 Å². The summed E-state index contributed by atoms with van der Waals surface area (Å²) in [6, 6.07) is 5.07. The number of benzene rings is 1. The molecule has 0 bridgehead atoms. The fourth-order valence-corrected chi connectivity index (χ4v) is 4.53. The number of alkyl halides is 4. The van der Waals surface area contributed by atoms with Crippen molar-refractivity contribution >= 4 is 16.9 Å². The van der Waals surface area contributed by atoms with Gasteiger partial charge in [-0.2, -0.15) is 13.2 Å². The van der Waals surface area contributed by atoms with Crippen LogP contribution in [-0.2, 0) is 5.41 Å². The predicted octanol–water partition coefficient (Wildman–Crippen LogP) is 5.74. The Morgan fingerprint density at radius 2 is 1.94 bits per heavy atom. The number of ether oxygens (including phenoxy) is 1. The van der Waals surface area contributed by atoms with Gasteiger partial charge in [0.25, 0.3) is 5.89 Å². The first-order chi connectivity index (χ1) is 16.8. The number of pyridine rings is 1. The molecule has 1 aliphatic carbocycles. The molecule has 36 heavy (non-hydrogen) atoms. The number of nitrogens with one attached hydrogen (secondary N) is 1. The number of rotatable bonds is 7. The molecule has 0 aliphatic heterocycles. The van der Waals surface area contributed by atoms with E-state index in [1.165, 1.54) is 0 Å². The molecule has 0 spiro atoms. The highest BCUT2D eigenvalue weighted by Crippen LogP contribution is 2.37. The van der Waals surface area contributed by atoms with Gasteiger partial charge < -0.3 is 19.6 Å². The van der Waals surface area contributed by atoms with E-state index in [0.29, 0.717) is 42.4 Å². The van der Waals surface area contributed by atoms with E-state index in [4.69, 9.17) is 14.1 Å². The van der Waals surface area contributed by atoms with Crippen molar-refractivity contribution in [3.05, 3.63) is 29.3 Å².